The summed E-state index contributed by atoms with van der Waals surface area (Å²) in [6, 6.07) is 7.41. The Labute approximate surface area is 122 Å². The van der Waals surface area contributed by atoms with E-state index in [1.165, 1.54) is 6.42 Å². The van der Waals surface area contributed by atoms with Crippen molar-refractivity contribution in [1.29, 1.82) is 0 Å². The molecule has 1 heterocycles. The van der Waals surface area contributed by atoms with E-state index in [1.54, 1.807) is 10.8 Å². The lowest BCUT2D eigenvalue weighted by atomic mass is 9.88. The minimum absolute atomic E-state index is 0.0674. The van der Waals surface area contributed by atoms with Crippen LogP contribution in [0.3, 0.4) is 0 Å². The molecular weight excluding hydrogens is 274 g/mol. The van der Waals surface area contributed by atoms with Gasteiger partial charge in [0.15, 0.2) is 0 Å². The Morgan fingerprint density at radius 3 is 2.50 bits per heavy atom. The van der Waals surface area contributed by atoms with E-state index in [4.69, 9.17) is 11.6 Å². The summed E-state index contributed by atoms with van der Waals surface area (Å²) < 4.78 is 1.61. The van der Waals surface area contributed by atoms with Crippen molar-refractivity contribution in [3.63, 3.8) is 0 Å². The summed E-state index contributed by atoms with van der Waals surface area (Å²) in [7, 11) is 0. The molecule has 0 N–H and O–H groups in total. The molecule has 20 heavy (non-hydrogen) atoms. The van der Waals surface area contributed by atoms with Crippen molar-refractivity contribution >= 4 is 33.7 Å². The normalized spacial score (nSPS) is 16.4. The number of carbonyl (C=O) groups is 2. The Morgan fingerprint density at radius 2 is 1.80 bits per heavy atom. The van der Waals surface area contributed by atoms with Crippen LogP contribution in [0.1, 0.15) is 47.3 Å². The first-order valence-electron chi connectivity index (χ1n) is 7.02. The second-order valence-corrected chi connectivity index (χ2v) is 5.72. The zero-order chi connectivity index (χ0) is 14.1. The molecule has 3 rings (SSSR count). The molecule has 1 saturated carbocycles. The van der Waals surface area contributed by atoms with Crippen LogP contribution in [0.4, 0.5) is 0 Å². The largest absolute Gasteiger partial charge is 0.286 e. The molecule has 0 atom stereocenters. The van der Waals surface area contributed by atoms with Gasteiger partial charge < -0.3 is 0 Å². The molecule has 0 unspecified atom stereocenters. The number of aromatic nitrogens is 1. The van der Waals surface area contributed by atoms with Crippen molar-refractivity contribution in [2.75, 3.05) is 0 Å². The molecular formula is C16H16ClNO2. The Morgan fingerprint density at radius 1 is 1.10 bits per heavy atom. The lowest BCUT2D eigenvalue weighted by Gasteiger charge is -2.20. The average molecular weight is 290 g/mol. The summed E-state index contributed by atoms with van der Waals surface area (Å²) in [4.78, 5) is 24.2. The topological polar surface area (TPSA) is 39.1 Å². The van der Waals surface area contributed by atoms with Crippen molar-refractivity contribution in [3.05, 3.63) is 36.0 Å². The molecule has 0 bridgehead atoms. The number of halogens is 1. The Bertz CT molecular complexity index is 668. The van der Waals surface area contributed by atoms with Crippen molar-refractivity contribution in [3.8, 4) is 0 Å². The highest BCUT2D eigenvalue weighted by molar-refractivity contribution is 6.68. The molecule has 1 fully saturated rings. The van der Waals surface area contributed by atoms with Crippen LogP contribution in [-0.4, -0.2) is 15.7 Å². The van der Waals surface area contributed by atoms with Crippen LogP contribution in [0.2, 0.25) is 0 Å². The van der Waals surface area contributed by atoms with Crippen molar-refractivity contribution in [1.82, 2.24) is 4.57 Å². The first-order chi connectivity index (χ1) is 9.68. The fraction of sp³-hybridized carbons (Fsp3) is 0.375. The minimum Gasteiger partial charge on any atom is -0.286 e. The number of hydrogen-bond acceptors (Lipinski definition) is 2. The maximum atomic E-state index is 12.7. The van der Waals surface area contributed by atoms with E-state index < -0.39 is 5.24 Å². The Balaban J connectivity index is 2.06. The van der Waals surface area contributed by atoms with Gasteiger partial charge in [-0.05, 0) is 30.5 Å². The van der Waals surface area contributed by atoms with Crippen LogP contribution >= 0.6 is 11.6 Å². The molecule has 0 radical (unpaired) electrons. The lowest BCUT2D eigenvalue weighted by Crippen LogP contribution is -2.23. The highest BCUT2D eigenvalue weighted by Crippen LogP contribution is 2.29. The molecule has 1 aliphatic carbocycles. The lowest BCUT2D eigenvalue weighted by molar-refractivity contribution is 0.0807. The van der Waals surface area contributed by atoms with Crippen LogP contribution in [0.5, 0.6) is 0 Å². The number of rotatable bonds is 2. The molecule has 3 nitrogen and oxygen atoms in total. The fourth-order valence-electron chi connectivity index (χ4n) is 3.06. The standard InChI is InChI=1S/C16H16ClNO2/c17-15(19)13-10-18(14-9-5-4-8-12(13)14)16(20)11-6-2-1-3-7-11/h4-5,8-11H,1-3,6-7H2. The maximum Gasteiger partial charge on any atom is 0.254 e. The molecule has 104 valence electrons. The van der Waals surface area contributed by atoms with Gasteiger partial charge in [-0.1, -0.05) is 37.5 Å². The van der Waals surface area contributed by atoms with Gasteiger partial charge >= 0.3 is 0 Å². The van der Waals surface area contributed by atoms with Crippen molar-refractivity contribution in [2.45, 2.75) is 32.1 Å². The van der Waals surface area contributed by atoms with Crippen LogP contribution < -0.4 is 0 Å². The molecule has 0 saturated heterocycles. The molecule has 1 aromatic carbocycles. The van der Waals surface area contributed by atoms with Gasteiger partial charge in [0.2, 0.25) is 5.91 Å². The van der Waals surface area contributed by atoms with Crippen molar-refractivity contribution < 1.29 is 9.59 Å². The summed E-state index contributed by atoms with van der Waals surface area (Å²) in [6.07, 6.45) is 6.90. The van der Waals surface area contributed by atoms with E-state index >= 15 is 0 Å². The zero-order valence-electron chi connectivity index (χ0n) is 11.1. The Hall–Kier alpha value is -1.61. The summed E-state index contributed by atoms with van der Waals surface area (Å²) in [6.45, 7) is 0. The van der Waals surface area contributed by atoms with Gasteiger partial charge in [0.05, 0.1) is 11.1 Å². The zero-order valence-corrected chi connectivity index (χ0v) is 11.9. The second-order valence-electron chi connectivity index (χ2n) is 5.38. The van der Waals surface area contributed by atoms with E-state index in [2.05, 4.69) is 0 Å². The van der Waals surface area contributed by atoms with Crippen LogP contribution in [0.15, 0.2) is 30.5 Å². The molecule has 0 spiro atoms. The van der Waals surface area contributed by atoms with E-state index in [9.17, 15) is 9.59 Å². The maximum absolute atomic E-state index is 12.7. The quantitative estimate of drug-likeness (QED) is 0.776. The number of fused-ring (bicyclic) bond motifs is 1. The van der Waals surface area contributed by atoms with Gasteiger partial charge in [-0.15, -0.1) is 0 Å². The highest BCUT2D eigenvalue weighted by Gasteiger charge is 2.25. The smallest absolute Gasteiger partial charge is 0.254 e. The molecule has 1 aromatic heterocycles. The SMILES string of the molecule is O=C(Cl)c1cn(C(=O)C2CCCCC2)c2ccccc12. The summed E-state index contributed by atoms with van der Waals surface area (Å²) in [5.41, 5.74) is 1.18. The van der Waals surface area contributed by atoms with E-state index in [0.29, 0.717) is 5.56 Å². The van der Waals surface area contributed by atoms with Gasteiger partial charge in [-0.25, -0.2) is 0 Å². The third-order valence-electron chi connectivity index (χ3n) is 4.12. The average Bonchev–Trinajstić information content (AvgIpc) is 2.87. The molecule has 1 aliphatic rings. The van der Waals surface area contributed by atoms with Gasteiger partial charge in [0, 0.05) is 17.5 Å². The third-order valence-corrected chi connectivity index (χ3v) is 4.32. The van der Waals surface area contributed by atoms with E-state index in [1.807, 2.05) is 24.3 Å². The highest BCUT2D eigenvalue weighted by atomic mass is 35.5. The van der Waals surface area contributed by atoms with Crippen LogP contribution in [-0.2, 0) is 0 Å². The first kappa shape index (κ1) is 13.4. The fourth-order valence-corrected chi connectivity index (χ4v) is 3.22. The second kappa shape index (κ2) is 5.41. The molecule has 4 heteroatoms. The number of benzene rings is 1. The van der Waals surface area contributed by atoms with Gasteiger partial charge in [-0.2, -0.15) is 0 Å². The number of hydrogen-bond donors (Lipinski definition) is 0. The monoisotopic (exact) mass is 289 g/mol. The number of carbonyl (C=O) groups excluding carboxylic acids is 2. The van der Waals surface area contributed by atoms with Gasteiger partial charge in [0.1, 0.15) is 0 Å². The van der Waals surface area contributed by atoms with Crippen LogP contribution in [0.25, 0.3) is 10.9 Å². The van der Waals surface area contributed by atoms with Crippen LogP contribution in [0, 0.1) is 5.92 Å². The molecule has 2 aromatic rings. The number of nitrogens with zero attached hydrogens (tertiary/aromatic N) is 1. The minimum atomic E-state index is -0.517. The van der Waals surface area contributed by atoms with E-state index in [0.717, 1.165) is 36.6 Å². The third kappa shape index (κ3) is 2.27. The summed E-state index contributed by atoms with van der Waals surface area (Å²) >= 11 is 5.62. The van der Waals surface area contributed by atoms with Gasteiger partial charge in [0.25, 0.3) is 5.24 Å². The first-order valence-corrected chi connectivity index (χ1v) is 7.40. The predicted molar refractivity (Wildman–Crippen MR) is 79.3 cm³/mol. The Kier molecular flexibility index (Phi) is 3.62. The van der Waals surface area contributed by atoms with E-state index in [-0.39, 0.29) is 11.8 Å². The summed E-state index contributed by atoms with van der Waals surface area (Å²) in [5, 5.41) is 0.230. The molecule has 0 amide bonds. The van der Waals surface area contributed by atoms with Crippen molar-refractivity contribution in [2.24, 2.45) is 5.92 Å². The predicted octanol–water partition coefficient (Wildman–Crippen LogP) is 4.24. The van der Waals surface area contributed by atoms with Gasteiger partial charge in [-0.3, -0.25) is 14.2 Å². The summed E-state index contributed by atoms with van der Waals surface area (Å²) in [5.74, 6) is 0.155. The molecule has 0 aliphatic heterocycles. The number of para-hydroxylation sites is 1.